The second kappa shape index (κ2) is 5.93. The molecule has 0 saturated heterocycles. The Morgan fingerprint density at radius 2 is 2.00 bits per heavy atom. The zero-order chi connectivity index (χ0) is 12.9. The van der Waals surface area contributed by atoms with Gasteiger partial charge in [0.15, 0.2) is 0 Å². The van der Waals surface area contributed by atoms with Gasteiger partial charge >= 0.3 is 0 Å². The van der Waals surface area contributed by atoms with E-state index in [0.717, 1.165) is 12.1 Å². The Balaban J connectivity index is 3.17. The van der Waals surface area contributed by atoms with Gasteiger partial charge in [-0.05, 0) is 20.4 Å². The first kappa shape index (κ1) is 13.9. The number of methoxy groups -OCH3 is 2. The molecule has 0 amide bonds. The third-order valence-corrected chi connectivity index (χ3v) is 3.23. The van der Waals surface area contributed by atoms with E-state index in [2.05, 4.69) is 22.2 Å². The maximum Gasteiger partial charge on any atom is 0.237 e. The summed E-state index contributed by atoms with van der Waals surface area (Å²) < 4.78 is 10.9. The summed E-state index contributed by atoms with van der Waals surface area (Å²) in [5.74, 6) is 0.531. The minimum atomic E-state index is -0.349. The van der Waals surface area contributed by atoms with E-state index >= 15 is 0 Å². The van der Waals surface area contributed by atoms with Crippen molar-refractivity contribution in [3.05, 3.63) is 18.1 Å². The quantitative estimate of drug-likeness (QED) is 0.816. The standard InChI is InChI=1S/C12H21N3O2/c1-6-12(2,17-5)10(13-3)9-11(16-4)15-8-7-14-9/h7-8,10,13H,6H2,1-5H3. The predicted molar refractivity (Wildman–Crippen MR) is 66.1 cm³/mol. The van der Waals surface area contributed by atoms with Crippen LogP contribution in [-0.4, -0.2) is 36.8 Å². The highest BCUT2D eigenvalue weighted by Crippen LogP contribution is 2.33. The van der Waals surface area contributed by atoms with Crippen molar-refractivity contribution in [2.75, 3.05) is 21.3 Å². The molecule has 5 heteroatoms. The van der Waals surface area contributed by atoms with Crippen molar-refractivity contribution in [3.8, 4) is 5.88 Å². The first-order chi connectivity index (χ1) is 8.12. The van der Waals surface area contributed by atoms with Gasteiger partial charge in [0.25, 0.3) is 0 Å². The minimum absolute atomic E-state index is 0.0684. The number of nitrogens with one attached hydrogen (secondary N) is 1. The number of likely N-dealkylation sites (N-methyl/N-ethyl adjacent to an activating group) is 1. The van der Waals surface area contributed by atoms with Crippen molar-refractivity contribution in [2.24, 2.45) is 0 Å². The highest BCUT2D eigenvalue weighted by atomic mass is 16.5. The normalized spacial score (nSPS) is 16.3. The Morgan fingerprint density at radius 3 is 2.47 bits per heavy atom. The van der Waals surface area contributed by atoms with Crippen LogP contribution in [-0.2, 0) is 4.74 Å². The van der Waals surface area contributed by atoms with Crippen molar-refractivity contribution < 1.29 is 9.47 Å². The fourth-order valence-electron chi connectivity index (χ4n) is 1.89. The van der Waals surface area contributed by atoms with Crippen LogP contribution >= 0.6 is 0 Å². The number of hydrogen-bond donors (Lipinski definition) is 1. The van der Waals surface area contributed by atoms with E-state index in [9.17, 15) is 0 Å². The SMILES string of the molecule is CCC(C)(OC)C(NC)c1nccnc1OC. The van der Waals surface area contributed by atoms with Crippen LogP contribution in [0.2, 0.25) is 0 Å². The van der Waals surface area contributed by atoms with E-state index in [1.165, 1.54) is 0 Å². The summed E-state index contributed by atoms with van der Waals surface area (Å²) in [6, 6.07) is -0.0684. The van der Waals surface area contributed by atoms with Crippen molar-refractivity contribution in [2.45, 2.75) is 31.9 Å². The van der Waals surface area contributed by atoms with E-state index in [0.29, 0.717) is 5.88 Å². The highest BCUT2D eigenvalue weighted by molar-refractivity contribution is 5.24. The molecular weight excluding hydrogens is 218 g/mol. The molecule has 0 fully saturated rings. The molecule has 2 atom stereocenters. The molecule has 0 bridgehead atoms. The lowest BCUT2D eigenvalue weighted by Crippen LogP contribution is -2.42. The van der Waals surface area contributed by atoms with Gasteiger partial charge in [-0.15, -0.1) is 0 Å². The summed E-state index contributed by atoms with van der Waals surface area (Å²) in [6.07, 6.45) is 4.13. The Kier molecular flexibility index (Phi) is 4.84. The molecule has 0 aliphatic rings. The Hall–Kier alpha value is -1.20. The fourth-order valence-corrected chi connectivity index (χ4v) is 1.89. The zero-order valence-corrected chi connectivity index (χ0v) is 11.2. The average Bonchev–Trinajstić information content (AvgIpc) is 2.39. The van der Waals surface area contributed by atoms with E-state index < -0.39 is 0 Å². The monoisotopic (exact) mass is 239 g/mol. The topological polar surface area (TPSA) is 56.3 Å². The van der Waals surface area contributed by atoms with Crippen LogP contribution in [0.25, 0.3) is 0 Å². The first-order valence-corrected chi connectivity index (χ1v) is 5.70. The molecule has 17 heavy (non-hydrogen) atoms. The third kappa shape index (κ3) is 2.73. The Morgan fingerprint density at radius 1 is 1.35 bits per heavy atom. The van der Waals surface area contributed by atoms with Crippen LogP contribution in [0.1, 0.15) is 32.0 Å². The van der Waals surface area contributed by atoms with Crippen molar-refractivity contribution in [1.82, 2.24) is 15.3 Å². The van der Waals surface area contributed by atoms with E-state index in [1.807, 2.05) is 14.0 Å². The van der Waals surface area contributed by atoms with E-state index in [1.54, 1.807) is 26.6 Å². The number of nitrogens with zero attached hydrogens (tertiary/aromatic N) is 2. The summed E-state index contributed by atoms with van der Waals surface area (Å²) in [6.45, 7) is 4.12. The molecule has 0 spiro atoms. The van der Waals surface area contributed by atoms with Gasteiger partial charge in [0, 0.05) is 19.5 Å². The Labute approximate surface area is 103 Å². The third-order valence-electron chi connectivity index (χ3n) is 3.23. The lowest BCUT2D eigenvalue weighted by Gasteiger charge is -2.35. The summed E-state index contributed by atoms with van der Waals surface area (Å²) in [4.78, 5) is 8.52. The maximum absolute atomic E-state index is 5.61. The summed E-state index contributed by atoms with van der Waals surface area (Å²) in [7, 11) is 5.18. The van der Waals surface area contributed by atoms with Gasteiger partial charge in [-0.1, -0.05) is 6.92 Å². The first-order valence-electron chi connectivity index (χ1n) is 5.70. The largest absolute Gasteiger partial charge is 0.480 e. The van der Waals surface area contributed by atoms with Gasteiger partial charge < -0.3 is 14.8 Å². The lowest BCUT2D eigenvalue weighted by atomic mass is 9.90. The molecule has 1 heterocycles. The summed E-state index contributed by atoms with van der Waals surface area (Å²) in [5, 5.41) is 3.23. The van der Waals surface area contributed by atoms with E-state index in [4.69, 9.17) is 9.47 Å². The van der Waals surface area contributed by atoms with Gasteiger partial charge in [0.05, 0.1) is 18.8 Å². The van der Waals surface area contributed by atoms with Crippen molar-refractivity contribution in [3.63, 3.8) is 0 Å². The van der Waals surface area contributed by atoms with Crippen LogP contribution in [0.4, 0.5) is 0 Å². The van der Waals surface area contributed by atoms with Gasteiger partial charge in [0.1, 0.15) is 5.69 Å². The molecule has 0 aromatic carbocycles. The summed E-state index contributed by atoms with van der Waals surface area (Å²) >= 11 is 0. The molecule has 1 N–H and O–H groups in total. The van der Waals surface area contributed by atoms with Gasteiger partial charge in [0.2, 0.25) is 5.88 Å². The van der Waals surface area contributed by atoms with Crippen molar-refractivity contribution >= 4 is 0 Å². The number of aromatic nitrogens is 2. The maximum atomic E-state index is 5.61. The molecule has 1 aromatic rings. The van der Waals surface area contributed by atoms with Crippen molar-refractivity contribution in [1.29, 1.82) is 0 Å². The number of ether oxygens (including phenoxy) is 2. The van der Waals surface area contributed by atoms with Crippen LogP contribution in [0, 0.1) is 0 Å². The van der Waals surface area contributed by atoms with Crippen LogP contribution < -0.4 is 10.1 Å². The number of rotatable bonds is 6. The zero-order valence-electron chi connectivity index (χ0n) is 11.2. The number of hydrogen-bond acceptors (Lipinski definition) is 5. The fraction of sp³-hybridized carbons (Fsp3) is 0.667. The molecule has 0 aliphatic carbocycles. The van der Waals surface area contributed by atoms with Gasteiger partial charge in [-0.25, -0.2) is 4.98 Å². The minimum Gasteiger partial charge on any atom is -0.480 e. The molecular formula is C12H21N3O2. The van der Waals surface area contributed by atoms with Crippen LogP contribution in [0.5, 0.6) is 5.88 Å². The van der Waals surface area contributed by atoms with Gasteiger partial charge in [-0.2, -0.15) is 0 Å². The van der Waals surface area contributed by atoms with Gasteiger partial charge in [-0.3, -0.25) is 4.98 Å². The molecule has 1 aromatic heterocycles. The van der Waals surface area contributed by atoms with Crippen LogP contribution in [0.15, 0.2) is 12.4 Å². The molecule has 2 unspecified atom stereocenters. The van der Waals surface area contributed by atoms with Crippen LogP contribution in [0.3, 0.4) is 0 Å². The smallest absolute Gasteiger partial charge is 0.237 e. The predicted octanol–water partition coefficient (Wildman–Crippen LogP) is 1.56. The summed E-state index contributed by atoms with van der Waals surface area (Å²) in [5.41, 5.74) is 0.418. The molecule has 0 aliphatic heterocycles. The molecule has 96 valence electrons. The second-order valence-corrected chi connectivity index (χ2v) is 4.04. The van der Waals surface area contributed by atoms with E-state index in [-0.39, 0.29) is 11.6 Å². The molecule has 1 rings (SSSR count). The Bertz CT molecular complexity index is 353. The average molecular weight is 239 g/mol. The molecule has 0 radical (unpaired) electrons. The molecule has 0 saturated carbocycles. The lowest BCUT2D eigenvalue weighted by molar-refractivity contribution is -0.0298. The second-order valence-electron chi connectivity index (χ2n) is 4.04. The molecule has 5 nitrogen and oxygen atoms in total. The highest BCUT2D eigenvalue weighted by Gasteiger charge is 2.36.